The number of pyridine rings is 1. The van der Waals surface area contributed by atoms with Gasteiger partial charge in [0, 0.05) is 18.0 Å². The minimum absolute atomic E-state index is 0.167. The van der Waals surface area contributed by atoms with Crippen molar-refractivity contribution in [1.82, 2.24) is 4.98 Å². The fraction of sp³-hybridized carbons (Fsp3) is 0.316. The Morgan fingerprint density at radius 3 is 2.72 bits per heavy atom. The predicted octanol–water partition coefficient (Wildman–Crippen LogP) is 1.27. The van der Waals surface area contributed by atoms with E-state index in [1.165, 1.54) is 4.90 Å². The van der Waals surface area contributed by atoms with E-state index in [0.717, 1.165) is 17.7 Å². The second-order valence-corrected chi connectivity index (χ2v) is 6.02. The molecule has 1 aromatic carbocycles. The molecule has 1 saturated heterocycles. The van der Waals surface area contributed by atoms with E-state index in [-0.39, 0.29) is 24.3 Å². The summed E-state index contributed by atoms with van der Waals surface area (Å²) in [7, 11) is 0. The molecule has 1 aliphatic rings. The highest BCUT2D eigenvalue weighted by atomic mass is 16.5. The summed E-state index contributed by atoms with van der Waals surface area (Å²) < 4.78 is 5.53. The second-order valence-electron chi connectivity index (χ2n) is 6.02. The maximum absolute atomic E-state index is 12.6. The molecule has 1 aliphatic heterocycles. The summed E-state index contributed by atoms with van der Waals surface area (Å²) in [5, 5.41) is 1.90. The molecular weight excluding hydrogens is 318 g/mol. The van der Waals surface area contributed by atoms with Crippen LogP contribution in [0, 0.1) is 0 Å². The van der Waals surface area contributed by atoms with Gasteiger partial charge in [0.05, 0.1) is 18.7 Å². The average molecular weight is 340 g/mol. The van der Waals surface area contributed by atoms with Gasteiger partial charge in [-0.15, -0.1) is 0 Å². The van der Waals surface area contributed by atoms with Gasteiger partial charge < -0.3 is 10.1 Å². The molecule has 130 valence electrons. The van der Waals surface area contributed by atoms with Crippen LogP contribution in [0.1, 0.15) is 25.3 Å². The predicted molar refractivity (Wildman–Crippen MR) is 93.0 cm³/mol. The summed E-state index contributed by atoms with van der Waals surface area (Å²) in [6.45, 7) is 3.31. The maximum atomic E-state index is 12.6. The van der Waals surface area contributed by atoms with E-state index < -0.39 is 0 Å². The van der Waals surface area contributed by atoms with Crippen LogP contribution in [0.5, 0.6) is 5.75 Å². The minimum atomic E-state index is -0.385. The summed E-state index contributed by atoms with van der Waals surface area (Å²) in [6.07, 6.45) is 4.63. The van der Waals surface area contributed by atoms with Gasteiger partial charge in [0.2, 0.25) is 5.91 Å². The molecule has 25 heavy (non-hydrogen) atoms. The van der Waals surface area contributed by atoms with Crippen LogP contribution in [0.25, 0.3) is 0 Å². The largest absolute Gasteiger partial charge is 0.494 e. The summed E-state index contributed by atoms with van der Waals surface area (Å²) in [5.41, 5.74) is 1.62. The minimum Gasteiger partial charge on any atom is -0.494 e. The van der Waals surface area contributed by atoms with Crippen molar-refractivity contribution < 1.29 is 19.6 Å². The Balaban J connectivity index is 1.64. The molecule has 2 N–H and O–H groups in total. The maximum Gasteiger partial charge on any atom is 0.292 e. The molecule has 0 aliphatic carbocycles. The molecule has 0 spiro atoms. The van der Waals surface area contributed by atoms with Gasteiger partial charge in [-0.25, -0.2) is 4.90 Å². The van der Waals surface area contributed by atoms with Crippen molar-refractivity contribution in [2.75, 3.05) is 11.5 Å². The quantitative estimate of drug-likeness (QED) is 0.770. The first-order valence-electron chi connectivity index (χ1n) is 8.51. The highest BCUT2D eigenvalue weighted by Crippen LogP contribution is 2.24. The summed E-state index contributed by atoms with van der Waals surface area (Å²) >= 11 is 0. The van der Waals surface area contributed by atoms with Gasteiger partial charge in [-0.2, -0.15) is 0 Å². The number of imide groups is 1. The molecule has 2 heterocycles. The van der Waals surface area contributed by atoms with Gasteiger partial charge in [0.1, 0.15) is 12.3 Å². The lowest BCUT2D eigenvalue weighted by atomic mass is 10.2. The number of carbonyl (C=O) groups excluding carboxylic acids is 2. The molecule has 1 atom stereocenters. The number of anilines is 1. The normalized spacial score (nSPS) is 17.2. The van der Waals surface area contributed by atoms with Crippen LogP contribution in [0.15, 0.2) is 48.8 Å². The number of benzene rings is 1. The van der Waals surface area contributed by atoms with E-state index in [0.29, 0.717) is 18.8 Å². The summed E-state index contributed by atoms with van der Waals surface area (Å²) in [6, 6.07) is 10.5. The second kappa shape index (κ2) is 7.90. The number of aromatic nitrogens is 1. The molecule has 0 radical (unpaired) electrons. The van der Waals surface area contributed by atoms with Gasteiger partial charge in [-0.05, 0) is 36.8 Å². The van der Waals surface area contributed by atoms with E-state index in [1.807, 2.05) is 24.4 Å². The molecule has 0 unspecified atom stereocenters. The highest BCUT2D eigenvalue weighted by molar-refractivity contribution is 6.21. The number of carbonyl (C=O) groups is 2. The van der Waals surface area contributed by atoms with E-state index in [1.54, 1.807) is 36.7 Å². The molecule has 3 rings (SSSR count). The van der Waals surface area contributed by atoms with Gasteiger partial charge in [-0.3, -0.25) is 14.6 Å². The van der Waals surface area contributed by atoms with E-state index in [2.05, 4.69) is 4.98 Å². The zero-order chi connectivity index (χ0) is 17.6. The number of rotatable bonds is 7. The number of nitrogens with two attached hydrogens (primary N) is 1. The Kier molecular flexibility index (Phi) is 5.40. The van der Waals surface area contributed by atoms with Gasteiger partial charge in [0.25, 0.3) is 5.91 Å². The zero-order valence-corrected chi connectivity index (χ0v) is 14.2. The molecule has 1 aromatic heterocycles. The van der Waals surface area contributed by atoms with E-state index >= 15 is 0 Å². The van der Waals surface area contributed by atoms with E-state index in [9.17, 15) is 9.59 Å². The smallest absolute Gasteiger partial charge is 0.292 e. The Morgan fingerprint density at radius 1 is 1.24 bits per heavy atom. The van der Waals surface area contributed by atoms with Gasteiger partial charge >= 0.3 is 0 Å². The SMILES string of the molecule is CCCOc1ccc(N2C(=O)C[C@H]([NH2+]Cc3cccnc3)C2=O)cc1. The topological polar surface area (TPSA) is 76.1 Å². The van der Waals surface area contributed by atoms with Crippen molar-refractivity contribution in [3.8, 4) is 5.75 Å². The van der Waals surface area contributed by atoms with Crippen LogP contribution < -0.4 is 15.0 Å². The first kappa shape index (κ1) is 17.1. The lowest BCUT2D eigenvalue weighted by molar-refractivity contribution is -0.690. The summed E-state index contributed by atoms with van der Waals surface area (Å²) in [5.74, 6) is 0.403. The Labute approximate surface area is 146 Å². The van der Waals surface area contributed by atoms with Crippen molar-refractivity contribution in [2.24, 2.45) is 0 Å². The van der Waals surface area contributed by atoms with Crippen molar-refractivity contribution in [3.05, 3.63) is 54.4 Å². The zero-order valence-electron chi connectivity index (χ0n) is 14.2. The van der Waals surface area contributed by atoms with Crippen LogP contribution in [0.4, 0.5) is 5.69 Å². The lowest BCUT2D eigenvalue weighted by Crippen LogP contribution is -2.90. The monoisotopic (exact) mass is 340 g/mol. The standard InChI is InChI=1S/C19H21N3O3/c1-2-10-25-16-7-5-15(6-8-16)22-18(23)11-17(19(22)24)21-13-14-4-3-9-20-12-14/h3-9,12,17,21H,2,10-11,13H2,1H3/p+1/t17-/m0/s1. The number of hydrogen-bond donors (Lipinski definition) is 1. The fourth-order valence-corrected chi connectivity index (χ4v) is 2.82. The number of ether oxygens (including phenoxy) is 1. The van der Waals surface area contributed by atoms with Crippen molar-refractivity contribution >= 4 is 17.5 Å². The van der Waals surface area contributed by atoms with Crippen molar-refractivity contribution in [2.45, 2.75) is 32.4 Å². The third kappa shape index (κ3) is 4.03. The van der Waals surface area contributed by atoms with Gasteiger partial charge in [-0.1, -0.05) is 13.0 Å². The van der Waals surface area contributed by atoms with Crippen LogP contribution in [0.3, 0.4) is 0 Å². The molecule has 6 heteroatoms. The first-order chi connectivity index (χ1) is 12.2. The number of quaternary nitrogens is 1. The van der Waals surface area contributed by atoms with E-state index in [4.69, 9.17) is 4.74 Å². The molecule has 1 fully saturated rings. The van der Waals surface area contributed by atoms with Crippen LogP contribution >= 0.6 is 0 Å². The molecule has 0 bridgehead atoms. The highest BCUT2D eigenvalue weighted by Gasteiger charge is 2.42. The third-order valence-corrected chi connectivity index (χ3v) is 4.11. The molecule has 6 nitrogen and oxygen atoms in total. The molecule has 0 saturated carbocycles. The Morgan fingerprint density at radius 2 is 2.04 bits per heavy atom. The average Bonchev–Trinajstić information content (AvgIpc) is 2.93. The lowest BCUT2D eigenvalue weighted by Gasteiger charge is -2.15. The number of amides is 2. The summed E-state index contributed by atoms with van der Waals surface area (Å²) in [4.78, 5) is 30.3. The molecule has 2 amide bonds. The van der Waals surface area contributed by atoms with Crippen LogP contribution in [-0.2, 0) is 16.1 Å². The van der Waals surface area contributed by atoms with Crippen LogP contribution in [-0.4, -0.2) is 29.4 Å². The van der Waals surface area contributed by atoms with Crippen LogP contribution in [0.2, 0.25) is 0 Å². The Bertz CT molecular complexity index is 731. The van der Waals surface area contributed by atoms with Crippen molar-refractivity contribution in [1.29, 1.82) is 0 Å². The number of hydrogen-bond acceptors (Lipinski definition) is 4. The first-order valence-corrected chi connectivity index (χ1v) is 8.51. The molecule has 2 aromatic rings. The third-order valence-electron chi connectivity index (χ3n) is 4.11. The molecular formula is C19H22N3O3+. The van der Waals surface area contributed by atoms with Crippen molar-refractivity contribution in [3.63, 3.8) is 0 Å². The number of nitrogens with zero attached hydrogens (tertiary/aromatic N) is 2. The fourth-order valence-electron chi connectivity index (χ4n) is 2.82. The Hall–Kier alpha value is -2.73. The van der Waals surface area contributed by atoms with Gasteiger partial charge in [0.15, 0.2) is 6.04 Å².